The number of benzene rings is 8. The maximum Gasteiger partial charge on any atom is 0.0554 e. The minimum atomic E-state index is 1.12. The van der Waals surface area contributed by atoms with Gasteiger partial charge in [-0.15, -0.1) is 22.7 Å². The van der Waals surface area contributed by atoms with E-state index < -0.39 is 0 Å². The van der Waals surface area contributed by atoms with Crippen molar-refractivity contribution < 1.29 is 0 Å². The van der Waals surface area contributed by atoms with Crippen molar-refractivity contribution in [2.24, 2.45) is 0 Å². The van der Waals surface area contributed by atoms with Crippen LogP contribution in [0.3, 0.4) is 0 Å². The third-order valence-corrected chi connectivity index (χ3v) is 12.2. The molecule has 0 spiro atoms. The molecule has 0 saturated carbocycles. The molecule has 0 aliphatic heterocycles. The lowest BCUT2D eigenvalue weighted by Crippen LogP contribution is -2.11. The average molecular weight is 686 g/mol. The Kier molecular flexibility index (Phi) is 7.26. The van der Waals surface area contributed by atoms with Crippen molar-refractivity contribution in [1.29, 1.82) is 0 Å². The predicted molar refractivity (Wildman–Crippen MR) is 223 cm³/mol. The Balaban J connectivity index is 1.15. The van der Waals surface area contributed by atoms with E-state index in [1.165, 1.54) is 73.7 Å². The van der Waals surface area contributed by atoms with Gasteiger partial charge in [0.2, 0.25) is 0 Å². The van der Waals surface area contributed by atoms with Crippen LogP contribution < -0.4 is 4.90 Å². The van der Waals surface area contributed by atoms with Crippen LogP contribution in [0.25, 0.3) is 73.7 Å². The third kappa shape index (κ3) is 5.30. The summed E-state index contributed by atoms with van der Waals surface area (Å²) in [4.78, 5) is 2.43. The lowest BCUT2D eigenvalue weighted by Gasteiger charge is -2.28. The van der Waals surface area contributed by atoms with Gasteiger partial charge in [-0.25, -0.2) is 0 Å². The zero-order valence-electron chi connectivity index (χ0n) is 27.7. The first kappa shape index (κ1) is 29.9. The minimum Gasteiger partial charge on any atom is -0.310 e. The highest BCUT2D eigenvalue weighted by molar-refractivity contribution is 7.26. The zero-order valence-corrected chi connectivity index (χ0v) is 29.3. The van der Waals surface area contributed by atoms with Gasteiger partial charge in [0.05, 0.1) is 5.69 Å². The molecule has 3 heteroatoms. The fourth-order valence-electron chi connectivity index (χ4n) is 7.36. The van der Waals surface area contributed by atoms with Crippen LogP contribution in [0.5, 0.6) is 0 Å². The molecule has 0 radical (unpaired) electrons. The van der Waals surface area contributed by atoms with Crippen molar-refractivity contribution in [1.82, 2.24) is 0 Å². The van der Waals surface area contributed by atoms with E-state index in [4.69, 9.17) is 0 Å². The second kappa shape index (κ2) is 12.4. The normalized spacial score (nSPS) is 11.5. The van der Waals surface area contributed by atoms with Crippen LogP contribution in [0.15, 0.2) is 188 Å². The fourth-order valence-corrected chi connectivity index (χ4v) is 9.57. The lowest BCUT2D eigenvalue weighted by atomic mass is 9.98. The van der Waals surface area contributed by atoms with Crippen molar-refractivity contribution in [3.8, 4) is 33.4 Å². The molecule has 2 heterocycles. The molecule has 0 unspecified atom stereocenters. The van der Waals surface area contributed by atoms with Gasteiger partial charge in [0.1, 0.15) is 0 Å². The standard InChI is InChI=1S/C48H31NS2/c1-3-11-32(12-4-1)33-19-24-37(25-20-33)49(38-26-21-34(22-27-38)36-23-28-47-42(29-36)39-15-7-9-17-45(39)50-47)44-31-48-43(40-16-8-10-18-46(40)51-48)30-41(44)35-13-5-2-6-14-35/h1-31H. The first-order valence-corrected chi connectivity index (χ1v) is 18.9. The minimum absolute atomic E-state index is 1.12. The molecule has 1 nitrogen and oxygen atoms in total. The number of nitrogens with zero attached hydrogens (tertiary/aromatic N) is 1. The van der Waals surface area contributed by atoms with Crippen LogP contribution in [0.1, 0.15) is 0 Å². The Hall–Kier alpha value is -6.00. The monoisotopic (exact) mass is 685 g/mol. The summed E-state index contributed by atoms with van der Waals surface area (Å²) >= 11 is 3.73. The Morgan fingerprint density at radius 2 is 0.745 bits per heavy atom. The molecule has 0 N–H and O–H groups in total. The SMILES string of the molecule is c1ccc(-c2ccc(N(c3ccc(-c4ccc5sc6ccccc6c5c4)cc3)c3cc4sc5ccccc5c4cc3-c3ccccc3)cc2)cc1. The molecule has 8 aromatic carbocycles. The summed E-state index contributed by atoms with van der Waals surface area (Å²) in [5.41, 5.74) is 10.7. The van der Waals surface area contributed by atoms with Gasteiger partial charge in [0.15, 0.2) is 0 Å². The summed E-state index contributed by atoms with van der Waals surface area (Å²) in [5, 5.41) is 5.25. The molecule has 0 aliphatic carbocycles. The summed E-state index contributed by atoms with van der Waals surface area (Å²) in [6.45, 7) is 0. The summed E-state index contributed by atoms with van der Waals surface area (Å²) in [6, 6.07) is 68.7. The number of rotatable bonds is 6. The van der Waals surface area contributed by atoms with Crippen LogP contribution in [0, 0.1) is 0 Å². The Labute approximate surface area is 304 Å². The van der Waals surface area contributed by atoms with E-state index in [0.29, 0.717) is 0 Å². The number of hydrogen-bond donors (Lipinski definition) is 0. The van der Waals surface area contributed by atoms with Gasteiger partial charge in [-0.2, -0.15) is 0 Å². The van der Waals surface area contributed by atoms with Crippen molar-refractivity contribution in [3.05, 3.63) is 188 Å². The van der Waals surface area contributed by atoms with Crippen molar-refractivity contribution in [2.75, 3.05) is 4.90 Å². The zero-order chi connectivity index (χ0) is 33.7. The number of hydrogen-bond acceptors (Lipinski definition) is 3. The molecule has 0 amide bonds. The topological polar surface area (TPSA) is 3.24 Å². The smallest absolute Gasteiger partial charge is 0.0554 e. The van der Waals surface area contributed by atoms with Gasteiger partial charge in [0, 0.05) is 57.3 Å². The number of thiophene rings is 2. The molecular weight excluding hydrogens is 655 g/mol. The summed E-state index contributed by atoms with van der Waals surface area (Å²) in [6.07, 6.45) is 0. The maximum absolute atomic E-state index is 2.43. The summed E-state index contributed by atoms with van der Waals surface area (Å²) in [5.74, 6) is 0. The molecule has 0 bridgehead atoms. The summed E-state index contributed by atoms with van der Waals surface area (Å²) < 4.78 is 5.25. The second-order valence-electron chi connectivity index (χ2n) is 12.9. The molecular formula is C48H31NS2. The van der Waals surface area contributed by atoms with E-state index in [1.807, 2.05) is 22.7 Å². The molecule has 0 saturated heterocycles. The van der Waals surface area contributed by atoms with E-state index in [2.05, 4.69) is 193 Å². The van der Waals surface area contributed by atoms with Crippen LogP contribution in [0.4, 0.5) is 17.1 Å². The third-order valence-electron chi connectivity index (χ3n) is 9.89. The van der Waals surface area contributed by atoms with E-state index in [-0.39, 0.29) is 0 Å². The Bertz CT molecular complexity index is 2830. The van der Waals surface area contributed by atoms with Gasteiger partial charge in [-0.05, 0) is 88.5 Å². The maximum atomic E-state index is 2.43. The molecule has 10 aromatic rings. The Morgan fingerprint density at radius 3 is 1.37 bits per heavy atom. The van der Waals surface area contributed by atoms with Crippen LogP contribution in [0.2, 0.25) is 0 Å². The van der Waals surface area contributed by atoms with Gasteiger partial charge >= 0.3 is 0 Å². The van der Waals surface area contributed by atoms with Crippen LogP contribution >= 0.6 is 22.7 Å². The van der Waals surface area contributed by atoms with Crippen molar-refractivity contribution >= 4 is 80.1 Å². The quantitative estimate of drug-likeness (QED) is 0.168. The van der Waals surface area contributed by atoms with Crippen molar-refractivity contribution in [3.63, 3.8) is 0 Å². The van der Waals surface area contributed by atoms with Gasteiger partial charge in [-0.3, -0.25) is 0 Å². The second-order valence-corrected chi connectivity index (χ2v) is 15.1. The highest BCUT2D eigenvalue weighted by Gasteiger charge is 2.20. The number of anilines is 3. The van der Waals surface area contributed by atoms with Gasteiger partial charge in [0.25, 0.3) is 0 Å². The van der Waals surface area contributed by atoms with E-state index in [9.17, 15) is 0 Å². The van der Waals surface area contributed by atoms with E-state index >= 15 is 0 Å². The molecule has 0 aliphatic rings. The first-order chi connectivity index (χ1) is 25.3. The molecule has 0 fully saturated rings. The van der Waals surface area contributed by atoms with E-state index in [1.54, 1.807) is 0 Å². The molecule has 2 aromatic heterocycles. The Morgan fingerprint density at radius 1 is 0.294 bits per heavy atom. The van der Waals surface area contributed by atoms with Crippen molar-refractivity contribution in [2.45, 2.75) is 0 Å². The van der Waals surface area contributed by atoms with Crippen LogP contribution in [-0.4, -0.2) is 0 Å². The molecule has 240 valence electrons. The molecule has 0 atom stereocenters. The summed E-state index contributed by atoms with van der Waals surface area (Å²) in [7, 11) is 0. The lowest BCUT2D eigenvalue weighted by molar-refractivity contribution is 1.29. The highest BCUT2D eigenvalue weighted by atomic mass is 32.1. The number of fused-ring (bicyclic) bond motifs is 6. The van der Waals surface area contributed by atoms with E-state index in [0.717, 1.165) is 17.1 Å². The first-order valence-electron chi connectivity index (χ1n) is 17.2. The highest BCUT2D eigenvalue weighted by Crippen LogP contribution is 2.47. The average Bonchev–Trinajstić information content (AvgIpc) is 3.76. The van der Waals surface area contributed by atoms with Crippen LogP contribution in [-0.2, 0) is 0 Å². The van der Waals surface area contributed by atoms with Gasteiger partial charge in [-0.1, -0.05) is 127 Å². The molecule has 10 rings (SSSR count). The largest absolute Gasteiger partial charge is 0.310 e. The molecule has 51 heavy (non-hydrogen) atoms. The fraction of sp³-hybridized carbons (Fsp3) is 0. The van der Waals surface area contributed by atoms with Gasteiger partial charge < -0.3 is 4.90 Å². The predicted octanol–water partition coefficient (Wildman–Crippen LogP) is 14.9.